The van der Waals surface area contributed by atoms with Crippen LogP contribution in [0.5, 0.6) is 0 Å². The molecule has 4 heteroatoms. The van der Waals surface area contributed by atoms with Gasteiger partial charge in [-0.2, -0.15) is 5.26 Å². The molecule has 0 aromatic heterocycles. The monoisotopic (exact) mass is 181 g/mol. The van der Waals surface area contributed by atoms with E-state index in [0.717, 1.165) is 5.56 Å². The fraction of sp³-hybridized carbons (Fsp3) is 0.125. The maximum atomic E-state index is 11.0. The van der Waals surface area contributed by atoms with Crippen LogP contribution in [0.15, 0.2) is 29.2 Å². The molecule has 0 aliphatic heterocycles. The van der Waals surface area contributed by atoms with Crippen molar-refractivity contribution in [3.63, 3.8) is 0 Å². The number of sulfone groups is 1. The van der Waals surface area contributed by atoms with Crippen molar-refractivity contribution >= 4 is 9.84 Å². The first-order valence-electron chi connectivity index (χ1n) is 3.29. The number of benzene rings is 1. The molecule has 0 amide bonds. The summed E-state index contributed by atoms with van der Waals surface area (Å²) in [6.07, 6.45) is 0. The van der Waals surface area contributed by atoms with Crippen LogP contribution in [-0.2, 0) is 9.84 Å². The molecule has 12 heavy (non-hydrogen) atoms. The van der Waals surface area contributed by atoms with E-state index in [0.29, 0.717) is 0 Å². The molecule has 0 saturated carbocycles. The van der Waals surface area contributed by atoms with Gasteiger partial charge in [-0.05, 0) is 24.6 Å². The predicted octanol–water partition coefficient (Wildman–Crippen LogP) is 1.25. The first kappa shape index (κ1) is 8.75. The minimum absolute atomic E-state index is 0.0602. The highest BCUT2D eigenvalue weighted by molar-refractivity contribution is 7.95. The smallest absolute Gasteiger partial charge is 0.208 e. The van der Waals surface area contributed by atoms with Gasteiger partial charge in [-0.25, -0.2) is 8.42 Å². The zero-order valence-corrected chi connectivity index (χ0v) is 7.30. The van der Waals surface area contributed by atoms with E-state index in [4.69, 9.17) is 5.26 Å². The summed E-state index contributed by atoms with van der Waals surface area (Å²) in [6, 6.07) is 6.26. The molecule has 0 aliphatic carbocycles. The van der Waals surface area contributed by atoms with E-state index >= 15 is 0 Å². The number of nitriles is 1. The molecule has 0 fully saturated rings. The van der Waals surface area contributed by atoms with E-state index in [9.17, 15) is 8.42 Å². The summed E-state index contributed by atoms with van der Waals surface area (Å²) >= 11 is 0. The molecule has 0 N–H and O–H groups in total. The lowest BCUT2D eigenvalue weighted by molar-refractivity contribution is 0.605. The molecule has 0 saturated heterocycles. The first-order chi connectivity index (χ1) is 5.56. The number of rotatable bonds is 1. The Morgan fingerprint density at radius 1 is 1.42 bits per heavy atom. The minimum Gasteiger partial charge on any atom is -0.208 e. The van der Waals surface area contributed by atoms with Gasteiger partial charge in [-0.15, -0.1) is 0 Å². The van der Waals surface area contributed by atoms with Gasteiger partial charge in [-0.1, -0.05) is 12.1 Å². The fourth-order valence-corrected chi connectivity index (χ4v) is 1.54. The molecular formula is C8H7NO2S. The van der Waals surface area contributed by atoms with Crippen molar-refractivity contribution in [3.05, 3.63) is 29.8 Å². The SMILES string of the molecule is Cc1cccc(S(=O)(=O)C#N)c1. The van der Waals surface area contributed by atoms with Gasteiger partial charge in [0.15, 0.2) is 5.40 Å². The number of thiocyanates is 1. The summed E-state index contributed by atoms with van der Waals surface area (Å²) in [5, 5.41) is 9.56. The zero-order chi connectivity index (χ0) is 9.19. The van der Waals surface area contributed by atoms with E-state index in [1.165, 1.54) is 17.5 Å². The van der Waals surface area contributed by atoms with Crippen LogP contribution in [0.3, 0.4) is 0 Å². The molecule has 0 aliphatic rings. The minimum atomic E-state index is -3.72. The summed E-state index contributed by atoms with van der Waals surface area (Å²) < 4.78 is 22.0. The van der Waals surface area contributed by atoms with Crippen molar-refractivity contribution in [3.8, 4) is 5.40 Å². The van der Waals surface area contributed by atoms with E-state index in [1.54, 1.807) is 19.1 Å². The van der Waals surface area contributed by atoms with Gasteiger partial charge in [0.05, 0.1) is 4.90 Å². The summed E-state index contributed by atoms with van der Waals surface area (Å²) in [6.45, 7) is 1.77. The molecule has 0 unspecified atom stereocenters. The number of nitrogens with zero attached hydrogens (tertiary/aromatic N) is 1. The van der Waals surface area contributed by atoms with Crippen LogP contribution in [0.1, 0.15) is 5.56 Å². The van der Waals surface area contributed by atoms with Crippen LogP contribution in [-0.4, -0.2) is 8.42 Å². The van der Waals surface area contributed by atoms with Gasteiger partial charge in [0.2, 0.25) is 0 Å². The molecule has 1 rings (SSSR count). The van der Waals surface area contributed by atoms with Crippen molar-refractivity contribution < 1.29 is 8.42 Å². The third kappa shape index (κ3) is 1.63. The van der Waals surface area contributed by atoms with Crippen LogP contribution in [0.2, 0.25) is 0 Å². The molecule has 1 aromatic carbocycles. The number of aryl methyl sites for hydroxylation is 1. The Morgan fingerprint density at radius 2 is 2.08 bits per heavy atom. The molecular weight excluding hydrogens is 174 g/mol. The van der Waals surface area contributed by atoms with Crippen LogP contribution in [0.4, 0.5) is 0 Å². The van der Waals surface area contributed by atoms with Crippen molar-refractivity contribution in [2.45, 2.75) is 11.8 Å². The Kier molecular flexibility index (Phi) is 2.15. The second-order valence-electron chi connectivity index (χ2n) is 2.41. The summed E-state index contributed by atoms with van der Waals surface area (Å²) in [4.78, 5) is 0.0602. The molecule has 0 heterocycles. The van der Waals surface area contributed by atoms with Crippen LogP contribution < -0.4 is 0 Å². The Balaban J connectivity index is 3.33. The topological polar surface area (TPSA) is 57.9 Å². The van der Waals surface area contributed by atoms with E-state index in [1.807, 2.05) is 0 Å². The van der Waals surface area contributed by atoms with Crippen molar-refractivity contribution in [1.29, 1.82) is 5.26 Å². The van der Waals surface area contributed by atoms with Crippen LogP contribution >= 0.6 is 0 Å². The highest BCUT2D eigenvalue weighted by Gasteiger charge is 2.11. The number of hydrogen-bond acceptors (Lipinski definition) is 3. The Hall–Kier alpha value is -1.34. The zero-order valence-electron chi connectivity index (χ0n) is 6.48. The largest absolute Gasteiger partial charge is 0.269 e. The van der Waals surface area contributed by atoms with Crippen LogP contribution in [0.25, 0.3) is 0 Å². The van der Waals surface area contributed by atoms with E-state index < -0.39 is 9.84 Å². The predicted molar refractivity (Wildman–Crippen MR) is 44.0 cm³/mol. The highest BCUT2D eigenvalue weighted by atomic mass is 32.2. The lowest BCUT2D eigenvalue weighted by Crippen LogP contribution is -1.95. The molecule has 0 atom stereocenters. The Bertz CT molecular complexity index is 429. The normalized spacial score (nSPS) is 10.7. The van der Waals surface area contributed by atoms with Crippen molar-refractivity contribution in [2.75, 3.05) is 0 Å². The quantitative estimate of drug-likeness (QED) is 0.484. The van der Waals surface area contributed by atoms with Gasteiger partial charge in [0.1, 0.15) is 0 Å². The summed E-state index contributed by atoms with van der Waals surface area (Å²) in [5.41, 5.74) is 0.825. The van der Waals surface area contributed by atoms with Gasteiger partial charge < -0.3 is 0 Å². The van der Waals surface area contributed by atoms with Crippen molar-refractivity contribution in [1.82, 2.24) is 0 Å². The highest BCUT2D eigenvalue weighted by Crippen LogP contribution is 2.11. The summed E-state index contributed by atoms with van der Waals surface area (Å²) in [7, 11) is -3.72. The molecule has 0 spiro atoms. The molecule has 1 aromatic rings. The standard InChI is InChI=1S/C8H7NO2S/c1-7-3-2-4-8(5-7)12(10,11)6-9/h2-5H,1H3. The van der Waals surface area contributed by atoms with Crippen molar-refractivity contribution in [2.24, 2.45) is 0 Å². The molecule has 62 valence electrons. The van der Waals surface area contributed by atoms with Gasteiger partial charge in [0, 0.05) is 0 Å². The summed E-state index contributed by atoms with van der Waals surface area (Å²) in [5.74, 6) is 0. The van der Waals surface area contributed by atoms with Gasteiger partial charge >= 0.3 is 0 Å². The lowest BCUT2D eigenvalue weighted by Gasteiger charge is -1.95. The maximum Gasteiger partial charge on any atom is 0.269 e. The van der Waals surface area contributed by atoms with E-state index in [-0.39, 0.29) is 4.90 Å². The average Bonchev–Trinajstić information content (AvgIpc) is 2.05. The maximum absolute atomic E-state index is 11.0. The molecule has 0 bridgehead atoms. The number of hydrogen-bond donors (Lipinski definition) is 0. The third-order valence-electron chi connectivity index (χ3n) is 1.42. The third-order valence-corrected chi connectivity index (χ3v) is 2.53. The molecule has 0 radical (unpaired) electrons. The second kappa shape index (κ2) is 2.95. The second-order valence-corrected chi connectivity index (χ2v) is 4.07. The average molecular weight is 181 g/mol. The van der Waals surface area contributed by atoms with Gasteiger partial charge in [-0.3, -0.25) is 0 Å². The molecule has 3 nitrogen and oxygen atoms in total. The first-order valence-corrected chi connectivity index (χ1v) is 4.77. The fourth-order valence-electron chi connectivity index (χ4n) is 0.835. The van der Waals surface area contributed by atoms with Gasteiger partial charge in [0.25, 0.3) is 9.84 Å². The Labute approximate surface area is 71.2 Å². The van der Waals surface area contributed by atoms with Crippen LogP contribution in [0, 0.1) is 17.6 Å². The van der Waals surface area contributed by atoms with E-state index in [2.05, 4.69) is 0 Å². The lowest BCUT2D eigenvalue weighted by atomic mass is 10.2. The Morgan fingerprint density at radius 3 is 2.58 bits per heavy atom.